The van der Waals surface area contributed by atoms with Gasteiger partial charge in [0, 0.05) is 35.5 Å². The molecule has 5 rings (SSSR count). The molecule has 7 nitrogen and oxygen atoms in total. The van der Waals surface area contributed by atoms with Crippen molar-refractivity contribution in [3.8, 4) is 0 Å². The molecule has 0 aromatic heterocycles. The molecule has 2 amide bonds. The van der Waals surface area contributed by atoms with E-state index in [2.05, 4.69) is 22.5 Å². The molecule has 3 unspecified atom stereocenters. The number of fused-ring (bicyclic) bond motifs is 2. The van der Waals surface area contributed by atoms with Crippen LogP contribution in [0.4, 0.5) is 5.69 Å². The number of carbonyl (C=O) groups excluding carboxylic acids is 3. The zero-order chi connectivity index (χ0) is 28.4. The normalized spacial score (nSPS) is 28.6. The molecule has 0 aliphatic carbocycles. The van der Waals surface area contributed by atoms with Crippen molar-refractivity contribution >= 4 is 61.9 Å². The lowest BCUT2D eigenvalue weighted by Gasteiger charge is -2.38. The van der Waals surface area contributed by atoms with E-state index in [1.54, 1.807) is 34.6 Å². The second-order valence-electron chi connectivity index (χ2n) is 10.9. The number of nitrogens with zero attached hydrogens (tertiary/aromatic N) is 2. The third-order valence-electron chi connectivity index (χ3n) is 8.51. The summed E-state index contributed by atoms with van der Waals surface area (Å²) >= 11 is 5.43. The molecule has 3 heterocycles. The third kappa shape index (κ3) is 4.98. The van der Waals surface area contributed by atoms with Gasteiger partial charge < -0.3 is 19.6 Å². The maximum atomic E-state index is 14.7. The number of thioether (sulfide) groups is 1. The molecule has 214 valence electrons. The van der Waals surface area contributed by atoms with E-state index in [1.165, 1.54) is 0 Å². The Morgan fingerprint density at radius 1 is 1.20 bits per heavy atom. The summed E-state index contributed by atoms with van der Waals surface area (Å²) in [6.45, 7) is 6.83. The van der Waals surface area contributed by atoms with Crippen molar-refractivity contribution < 1.29 is 24.2 Å². The van der Waals surface area contributed by atoms with Gasteiger partial charge in [0.15, 0.2) is 0 Å². The highest BCUT2D eigenvalue weighted by Crippen LogP contribution is 2.68. The van der Waals surface area contributed by atoms with Crippen molar-refractivity contribution in [3.05, 3.63) is 55.1 Å². The Bertz CT molecular complexity index is 1290. The topological polar surface area (TPSA) is 87.2 Å². The summed E-state index contributed by atoms with van der Waals surface area (Å²) in [5.74, 6) is -1.79. The van der Waals surface area contributed by atoms with Crippen LogP contribution in [0, 0.1) is 11.8 Å². The number of hydrogen-bond donors (Lipinski definition) is 1. The summed E-state index contributed by atoms with van der Waals surface area (Å²) in [6, 6.07) is 13.3. The van der Waals surface area contributed by atoms with Crippen molar-refractivity contribution in [2.24, 2.45) is 11.8 Å². The summed E-state index contributed by atoms with van der Waals surface area (Å²) in [5.41, 5.74) is 0.758. The lowest BCUT2D eigenvalue weighted by atomic mass is 9.71. The van der Waals surface area contributed by atoms with Crippen molar-refractivity contribution in [3.63, 3.8) is 0 Å². The maximum absolute atomic E-state index is 14.7. The molecule has 2 aromatic rings. The van der Waals surface area contributed by atoms with Gasteiger partial charge in [0.2, 0.25) is 5.91 Å². The van der Waals surface area contributed by atoms with Gasteiger partial charge in [-0.15, -0.1) is 18.3 Å². The average molecular weight is 630 g/mol. The van der Waals surface area contributed by atoms with Crippen molar-refractivity contribution in [2.45, 2.75) is 59.9 Å². The molecule has 0 saturated carbocycles. The Labute approximate surface area is 248 Å². The quantitative estimate of drug-likeness (QED) is 0.155. The Balaban J connectivity index is 1.54. The molecular weight excluding hydrogens is 592 g/mol. The molecule has 3 fully saturated rings. The van der Waals surface area contributed by atoms with Crippen LogP contribution in [0.2, 0.25) is 0 Å². The van der Waals surface area contributed by atoms with E-state index in [-0.39, 0.29) is 41.1 Å². The number of hydrogen-bond acceptors (Lipinski definition) is 6. The predicted molar refractivity (Wildman–Crippen MR) is 163 cm³/mol. The summed E-state index contributed by atoms with van der Waals surface area (Å²) in [5, 5.41) is 11.2. The Morgan fingerprint density at radius 3 is 2.67 bits per heavy atom. The third-order valence-corrected chi connectivity index (χ3v) is 11.7. The molecule has 40 heavy (non-hydrogen) atoms. The van der Waals surface area contributed by atoms with Gasteiger partial charge in [-0.05, 0) is 49.1 Å². The molecule has 1 spiro atoms. The summed E-state index contributed by atoms with van der Waals surface area (Å²) < 4.78 is 4.74. The summed E-state index contributed by atoms with van der Waals surface area (Å²) in [6.07, 6.45) is 5.49. The van der Waals surface area contributed by atoms with Gasteiger partial charge in [-0.25, -0.2) is 0 Å². The molecule has 6 atom stereocenters. The van der Waals surface area contributed by atoms with Crippen LogP contribution in [0.3, 0.4) is 0 Å². The van der Waals surface area contributed by atoms with Crippen LogP contribution in [0.1, 0.15) is 39.0 Å². The number of unbranched alkanes of at least 4 members (excludes halogenated alkanes) is 3. The van der Waals surface area contributed by atoms with E-state index in [0.29, 0.717) is 25.9 Å². The number of alkyl halides is 1. The van der Waals surface area contributed by atoms with Crippen molar-refractivity contribution in [1.29, 1.82) is 0 Å². The van der Waals surface area contributed by atoms with Crippen LogP contribution in [-0.4, -0.2) is 75.0 Å². The van der Waals surface area contributed by atoms with Crippen LogP contribution < -0.4 is 4.90 Å². The first-order valence-corrected chi connectivity index (χ1v) is 16.0. The second-order valence-corrected chi connectivity index (χ2v) is 13.6. The largest absolute Gasteiger partial charge is 0.466 e. The van der Waals surface area contributed by atoms with Gasteiger partial charge in [-0.2, -0.15) is 0 Å². The number of aliphatic hydroxyl groups excluding tert-OH is 1. The van der Waals surface area contributed by atoms with Gasteiger partial charge in [0.05, 0.1) is 23.2 Å². The summed E-state index contributed by atoms with van der Waals surface area (Å²) in [4.78, 5) is 45.6. The highest BCUT2D eigenvalue weighted by atomic mass is 79.9. The summed E-state index contributed by atoms with van der Waals surface area (Å²) in [7, 11) is 0. The zero-order valence-corrected chi connectivity index (χ0v) is 25.2. The first kappa shape index (κ1) is 29.1. The van der Waals surface area contributed by atoms with Crippen molar-refractivity contribution in [2.75, 3.05) is 31.2 Å². The fraction of sp³-hybridized carbons (Fsp3) is 0.516. The van der Waals surface area contributed by atoms with E-state index in [4.69, 9.17) is 4.74 Å². The number of esters is 1. The highest BCUT2D eigenvalue weighted by Gasteiger charge is 2.76. The number of rotatable bonds is 12. The van der Waals surface area contributed by atoms with E-state index in [1.807, 2.05) is 42.5 Å². The fourth-order valence-electron chi connectivity index (χ4n) is 6.85. The van der Waals surface area contributed by atoms with E-state index < -0.39 is 22.6 Å². The number of benzene rings is 2. The van der Waals surface area contributed by atoms with E-state index >= 15 is 0 Å². The number of ether oxygens (including phenoxy) is 1. The Kier molecular flexibility index (Phi) is 8.92. The lowest BCUT2D eigenvalue weighted by molar-refractivity contribution is -0.153. The minimum Gasteiger partial charge on any atom is -0.466 e. The van der Waals surface area contributed by atoms with Crippen LogP contribution in [0.5, 0.6) is 0 Å². The van der Waals surface area contributed by atoms with Crippen LogP contribution >= 0.6 is 27.7 Å². The van der Waals surface area contributed by atoms with Crippen LogP contribution in [0.25, 0.3) is 10.8 Å². The number of likely N-dealkylation sites (tertiary alicyclic amines) is 1. The molecule has 3 aliphatic rings. The molecule has 9 heteroatoms. The van der Waals surface area contributed by atoms with Gasteiger partial charge in [-0.3, -0.25) is 14.4 Å². The smallest absolute Gasteiger partial charge is 0.310 e. The first-order valence-electron chi connectivity index (χ1n) is 14.2. The number of anilines is 1. The number of amides is 2. The SMILES string of the molecule is C=CCN(C(=O)C1N(CCCCCCO)C(=O)[C@@H]2[C@@H](C(=O)OCC)[C@@H]3SC12CC3Br)c1ccc2ccccc2c1. The van der Waals surface area contributed by atoms with Gasteiger partial charge in [0.1, 0.15) is 6.04 Å². The second kappa shape index (κ2) is 12.2. The molecular formula is C31H37BrN2O5S. The van der Waals surface area contributed by atoms with Gasteiger partial charge >= 0.3 is 5.97 Å². The average Bonchev–Trinajstić information content (AvgIpc) is 3.54. The monoisotopic (exact) mass is 628 g/mol. The number of aliphatic hydroxyl groups is 1. The minimum absolute atomic E-state index is 0.00397. The molecule has 2 bridgehead atoms. The Hall–Kier alpha value is -2.36. The van der Waals surface area contributed by atoms with Gasteiger partial charge in [-0.1, -0.05) is 65.2 Å². The fourth-order valence-corrected chi connectivity index (χ4v) is 10.4. The van der Waals surface area contributed by atoms with Crippen LogP contribution in [-0.2, 0) is 19.1 Å². The molecule has 3 saturated heterocycles. The van der Waals surface area contributed by atoms with Crippen molar-refractivity contribution in [1.82, 2.24) is 4.90 Å². The maximum Gasteiger partial charge on any atom is 0.310 e. The highest BCUT2D eigenvalue weighted by molar-refractivity contribution is 9.09. The number of carbonyl (C=O) groups is 3. The predicted octanol–water partition coefficient (Wildman–Crippen LogP) is 4.94. The Morgan fingerprint density at radius 2 is 1.95 bits per heavy atom. The first-order chi connectivity index (χ1) is 19.4. The number of halogens is 1. The molecule has 2 aromatic carbocycles. The van der Waals surface area contributed by atoms with E-state index in [0.717, 1.165) is 35.7 Å². The lowest BCUT2D eigenvalue weighted by Crippen LogP contribution is -2.55. The van der Waals surface area contributed by atoms with E-state index in [9.17, 15) is 19.5 Å². The van der Waals surface area contributed by atoms with Gasteiger partial charge in [0.25, 0.3) is 5.91 Å². The standard InChI is InChI=1S/C31H37BrN2O5S/c1-3-15-33(22-14-13-20-11-7-8-12-21(20)18-22)29(37)27-31-19-23(32)26(40-31)24(30(38)39-4-2)25(31)28(36)34(27)16-9-5-6-10-17-35/h3,7-8,11-14,18,23-27,35H,1,4-6,9-10,15-17,19H2,2H3/t23?,24-,25+,26-,27?,31?/m1/s1. The molecule has 3 aliphatic heterocycles. The van der Waals surface area contributed by atoms with Crippen LogP contribution in [0.15, 0.2) is 55.1 Å². The minimum atomic E-state index is -0.716. The molecule has 1 N–H and O–H groups in total. The molecule has 0 radical (unpaired) electrons. The zero-order valence-electron chi connectivity index (χ0n) is 22.8.